The quantitative estimate of drug-likeness (QED) is 0.808. The van der Waals surface area contributed by atoms with E-state index in [1.165, 1.54) is 17.7 Å². The normalized spacial score (nSPS) is 33.6. The zero-order valence-electron chi connectivity index (χ0n) is 10.8. The maximum atomic E-state index is 11.1. The van der Waals surface area contributed by atoms with E-state index in [0.717, 1.165) is 12.8 Å². The van der Waals surface area contributed by atoms with Crippen LogP contribution in [0.1, 0.15) is 39.5 Å². The van der Waals surface area contributed by atoms with Gasteiger partial charge < -0.3 is 14.7 Å². The van der Waals surface area contributed by atoms with Gasteiger partial charge in [-0.05, 0) is 31.1 Å². The van der Waals surface area contributed by atoms with Gasteiger partial charge in [-0.1, -0.05) is 20.3 Å². The van der Waals surface area contributed by atoms with Crippen molar-refractivity contribution >= 4 is 6.09 Å². The van der Waals surface area contributed by atoms with E-state index >= 15 is 0 Å². The Labute approximate surface area is 103 Å². The second-order valence-electron chi connectivity index (χ2n) is 5.84. The van der Waals surface area contributed by atoms with Crippen LogP contribution in [0.2, 0.25) is 0 Å². The van der Waals surface area contributed by atoms with Gasteiger partial charge in [0, 0.05) is 6.54 Å². The first-order chi connectivity index (χ1) is 8.03. The van der Waals surface area contributed by atoms with Crippen molar-refractivity contribution in [3.05, 3.63) is 0 Å². The third kappa shape index (κ3) is 2.57. The molecule has 1 amide bonds. The molecule has 1 aliphatic carbocycles. The predicted molar refractivity (Wildman–Crippen MR) is 65.1 cm³/mol. The van der Waals surface area contributed by atoms with E-state index in [9.17, 15) is 4.79 Å². The highest BCUT2D eigenvalue weighted by Crippen LogP contribution is 2.44. The molecule has 2 aliphatic rings. The third-order valence-electron chi connectivity index (χ3n) is 4.13. The van der Waals surface area contributed by atoms with Gasteiger partial charge >= 0.3 is 6.09 Å². The molecule has 1 aliphatic heterocycles. The van der Waals surface area contributed by atoms with Crippen LogP contribution in [0.4, 0.5) is 4.79 Å². The Kier molecular flexibility index (Phi) is 3.61. The molecule has 0 aromatic heterocycles. The van der Waals surface area contributed by atoms with E-state index in [0.29, 0.717) is 31.5 Å². The molecule has 0 aromatic carbocycles. The maximum Gasteiger partial charge on any atom is 0.407 e. The van der Waals surface area contributed by atoms with Crippen LogP contribution in [0.5, 0.6) is 0 Å². The Morgan fingerprint density at radius 1 is 1.59 bits per heavy atom. The Hall–Kier alpha value is -0.770. The summed E-state index contributed by atoms with van der Waals surface area (Å²) in [6.07, 6.45) is 3.72. The molecule has 1 spiro atoms. The predicted octanol–water partition coefficient (Wildman–Crippen LogP) is 2.58. The van der Waals surface area contributed by atoms with Crippen molar-refractivity contribution in [3.8, 4) is 0 Å². The number of amides is 1. The van der Waals surface area contributed by atoms with Crippen LogP contribution < -0.4 is 0 Å². The smallest absolute Gasteiger partial charge is 0.407 e. The summed E-state index contributed by atoms with van der Waals surface area (Å²) in [5.41, 5.74) is -0.180. The SMILES string of the molecule is CC(C)CC1CCCC12CN(C(=O)O)CCO2. The standard InChI is InChI=1S/C13H23NO3/c1-10(2)8-11-4-3-5-13(11)9-14(12(15)16)6-7-17-13/h10-11H,3-9H2,1-2H3,(H,15,16). The molecule has 98 valence electrons. The van der Waals surface area contributed by atoms with Crippen LogP contribution in [-0.2, 0) is 4.74 Å². The summed E-state index contributed by atoms with van der Waals surface area (Å²) in [6, 6.07) is 0. The Morgan fingerprint density at radius 2 is 2.35 bits per heavy atom. The molecule has 1 heterocycles. The van der Waals surface area contributed by atoms with E-state index in [4.69, 9.17) is 9.84 Å². The Balaban J connectivity index is 2.08. The number of carbonyl (C=O) groups is 1. The molecular weight excluding hydrogens is 218 g/mol. The highest BCUT2D eigenvalue weighted by Gasteiger charge is 2.47. The van der Waals surface area contributed by atoms with Crippen LogP contribution in [0.15, 0.2) is 0 Å². The third-order valence-corrected chi connectivity index (χ3v) is 4.13. The molecule has 2 unspecified atom stereocenters. The summed E-state index contributed by atoms with van der Waals surface area (Å²) in [5.74, 6) is 1.18. The Morgan fingerprint density at radius 3 is 3.00 bits per heavy atom. The summed E-state index contributed by atoms with van der Waals surface area (Å²) in [5, 5.41) is 9.12. The van der Waals surface area contributed by atoms with Gasteiger partial charge in [0.1, 0.15) is 0 Å². The number of nitrogens with zero attached hydrogens (tertiary/aromatic N) is 1. The minimum absolute atomic E-state index is 0.180. The van der Waals surface area contributed by atoms with E-state index in [1.807, 2.05) is 0 Å². The van der Waals surface area contributed by atoms with Gasteiger partial charge in [0.15, 0.2) is 0 Å². The van der Waals surface area contributed by atoms with Gasteiger partial charge in [-0.2, -0.15) is 0 Å². The lowest BCUT2D eigenvalue weighted by Gasteiger charge is -2.43. The van der Waals surface area contributed by atoms with Crippen molar-refractivity contribution in [2.45, 2.75) is 45.1 Å². The maximum absolute atomic E-state index is 11.1. The second-order valence-corrected chi connectivity index (χ2v) is 5.84. The van der Waals surface area contributed by atoms with Crippen molar-refractivity contribution in [3.63, 3.8) is 0 Å². The van der Waals surface area contributed by atoms with Gasteiger partial charge in [0.2, 0.25) is 0 Å². The molecular formula is C13H23NO3. The fourth-order valence-electron chi connectivity index (χ4n) is 3.38. The average molecular weight is 241 g/mol. The average Bonchev–Trinajstić information content (AvgIpc) is 2.61. The summed E-state index contributed by atoms with van der Waals surface area (Å²) in [4.78, 5) is 12.6. The Bertz CT molecular complexity index is 292. The van der Waals surface area contributed by atoms with Crippen LogP contribution in [0, 0.1) is 11.8 Å². The first kappa shape index (κ1) is 12.7. The van der Waals surface area contributed by atoms with E-state index < -0.39 is 6.09 Å². The number of carboxylic acid groups (broad SMARTS) is 1. The lowest BCUT2D eigenvalue weighted by atomic mass is 9.83. The summed E-state index contributed by atoms with van der Waals surface area (Å²) in [7, 11) is 0. The first-order valence-electron chi connectivity index (χ1n) is 6.65. The van der Waals surface area contributed by atoms with Crippen molar-refractivity contribution in [1.29, 1.82) is 0 Å². The van der Waals surface area contributed by atoms with Crippen molar-refractivity contribution in [1.82, 2.24) is 4.90 Å². The molecule has 0 aromatic rings. The van der Waals surface area contributed by atoms with Gasteiger partial charge in [-0.25, -0.2) is 4.79 Å². The molecule has 1 saturated heterocycles. The van der Waals surface area contributed by atoms with E-state index in [1.54, 1.807) is 0 Å². The molecule has 2 rings (SSSR count). The molecule has 0 radical (unpaired) electrons. The minimum Gasteiger partial charge on any atom is -0.465 e. The van der Waals surface area contributed by atoms with Crippen molar-refractivity contribution in [2.75, 3.05) is 19.7 Å². The van der Waals surface area contributed by atoms with Crippen molar-refractivity contribution in [2.24, 2.45) is 11.8 Å². The number of ether oxygens (including phenoxy) is 1. The van der Waals surface area contributed by atoms with Gasteiger partial charge in [-0.15, -0.1) is 0 Å². The van der Waals surface area contributed by atoms with Crippen molar-refractivity contribution < 1.29 is 14.6 Å². The van der Waals surface area contributed by atoms with Gasteiger partial charge in [0.25, 0.3) is 0 Å². The highest BCUT2D eigenvalue weighted by atomic mass is 16.5. The van der Waals surface area contributed by atoms with Crippen LogP contribution in [0.25, 0.3) is 0 Å². The monoisotopic (exact) mass is 241 g/mol. The zero-order valence-corrected chi connectivity index (χ0v) is 10.8. The van der Waals surface area contributed by atoms with Crippen LogP contribution >= 0.6 is 0 Å². The molecule has 1 N–H and O–H groups in total. The second kappa shape index (κ2) is 4.84. The van der Waals surface area contributed by atoms with Crippen LogP contribution in [-0.4, -0.2) is 41.4 Å². The minimum atomic E-state index is -0.803. The molecule has 17 heavy (non-hydrogen) atoms. The molecule has 4 nitrogen and oxygen atoms in total. The zero-order chi connectivity index (χ0) is 12.5. The molecule has 4 heteroatoms. The number of hydrogen-bond donors (Lipinski definition) is 1. The molecule has 2 fully saturated rings. The first-order valence-corrected chi connectivity index (χ1v) is 6.65. The molecule has 1 saturated carbocycles. The van der Waals surface area contributed by atoms with E-state index in [-0.39, 0.29) is 5.60 Å². The number of rotatable bonds is 2. The topological polar surface area (TPSA) is 49.8 Å². The fraction of sp³-hybridized carbons (Fsp3) is 0.923. The largest absolute Gasteiger partial charge is 0.465 e. The molecule has 2 atom stereocenters. The van der Waals surface area contributed by atoms with Gasteiger partial charge in [0.05, 0.1) is 18.8 Å². The lowest BCUT2D eigenvalue weighted by molar-refractivity contribution is -0.125. The highest BCUT2D eigenvalue weighted by molar-refractivity contribution is 5.65. The van der Waals surface area contributed by atoms with E-state index in [2.05, 4.69) is 13.8 Å². The van der Waals surface area contributed by atoms with Gasteiger partial charge in [-0.3, -0.25) is 0 Å². The number of morpholine rings is 1. The van der Waals surface area contributed by atoms with Crippen LogP contribution in [0.3, 0.4) is 0 Å². The molecule has 0 bridgehead atoms. The summed E-state index contributed by atoms with van der Waals surface area (Å²) >= 11 is 0. The fourth-order valence-corrected chi connectivity index (χ4v) is 3.38. The number of hydrogen-bond acceptors (Lipinski definition) is 2. The lowest BCUT2D eigenvalue weighted by Crippen LogP contribution is -2.55. The summed E-state index contributed by atoms with van der Waals surface area (Å²) in [6.45, 7) is 6.10. The summed E-state index contributed by atoms with van der Waals surface area (Å²) < 4.78 is 6.02.